The van der Waals surface area contributed by atoms with Crippen LogP contribution in [-0.2, 0) is 6.54 Å². The highest BCUT2D eigenvalue weighted by Crippen LogP contribution is 2.19. The van der Waals surface area contributed by atoms with Gasteiger partial charge in [0.1, 0.15) is 0 Å². The average Bonchev–Trinajstić information content (AvgIpc) is 3.32. The lowest BCUT2D eigenvalue weighted by Crippen LogP contribution is -2.30. The fraction of sp³-hybridized carbons (Fsp3) is 0.750. The van der Waals surface area contributed by atoms with Crippen molar-refractivity contribution in [1.29, 1.82) is 0 Å². The molecule has 1 fully saturated rings. The summed E-state index contributed by atoms with van der Waals surface area (Å²) in [6.45, 7) is 9.63. The maximum atomic E-state index is 4.41. The Kier molecular flexibility index (Phi) is 5.77. The second kappa shape index (κ2) is 7.58. The lowest BCUT2D eigenvalue weighted by Gasteiger charge is -2.26. The molecular weight excluding hydrogens is 248 g/mol. The largest absolute Gasteiger partial charge is 0.355 e. The van der Waals surface area contributed by atoms with Crippen LogP contribution in [0.15, 0.2) is 12.1 Å². The van der Waals surface area contributed by atoms with Crippen LogP contribution in [0.1, 0.15) is 52.1 Å². The smallest absolute Gasteiger partial charge is 0.151 e. The number of anilines is 1. The molecule has 0 amide bonds. The van der Waals surface area contributed by atoms with Gasteiger partial charge in [0.2, 0.25) is 0 Å². The molecule has 0 radical (unpaired) electrons. The van der Waals surface area contributed by atoms with Gasteiger partial charge in [0.05, 0.1) is 5.69 Å². The summed E-state index contributed by atoms with van der Waals surface area (Å²) in [5.74, 6) is 1.75. The first-order chi connectivity index (χ1) is 9.76. The highest BCUT2D eigenvalue weighted by atomic mass is 15.3. The Morgan fingerprint density at radius 1 is 1.20 bits per heavy atom. The molecule has 112 valence electrons. The van der Waals surface area contributed by atoms with Gasteiger partial charge in [-0.25, -0.2) is 0 Å². The Labute approximate surface area is 123 Å². The van der Waals surface area contributed by atoms with E-state index in [-0.39, 0.29) is 0 Å². The molecule has 4 nitrogen and oxygen atoms in total. The zero-order valence-electron chi connectivity index (χ0n) is 13.1. The van der Waals surface area contributed by atoms with E-state index in [4.69, 9.17) is 0 Å². The van der Waals surface area contributed by atoms with Crippen LogP contribution in [0.2, 0.25) is 0 Å². The van der Waals surface area contributed by atoms with E-state index in [9.17, 15) is 0 Å². The van der Waals surface area contributed by atoms with Crippen molar-refractivity contribution in [2.24, 2.45) is 5.92 Å². The Balaban J connectivity index is 1.91. The van der Waals surface area contributed by atoms with E-state index in [1.165, 1.54) is 25.7 Å². The highest BCUT2D eigenvalue weighted by Gasteiger charge is 2.20. The van der Waals surface area contributed by atoms with Crippen LogP contribution in [0.25, 0.3) is 0 Å². The molecule has 0 atom stereocenters. The maximum Gasteiger partial charge on any atom is 0.151 e. The number of hydrogen-bond acceptors (Lipinski definition) is 4. The molecule has 1 aromatic rings. The van der Waals surface area contributed by atoms with Crippen LogP contribution in [0.5, 0.6) is 0 Å². The summed E-state index contributed by atoms with van der Waals surface area (Å²) < 4.78 is 0. The third kappa shape index (κ3) is 4.44. The second-order valence-corrected chi connectivity index (χ2v) is 5.76. The van der Waals surface area contributed by atoms with Gasteiger partial charge in [0.15, 0.2) is 5.82 Å². The fourth-order valence-electron chi connectivity index (χ4n) is 2.40. The van der Waals surface area contributed by atoms with E-state index < -0.39 is 0 Å². The van der Waals surface area contributed by atoms with Gasteiger partial charge in [0, 0.05) is 25.7 Å². The minimum atomic E-state index is 0.721. The first-order valence-corrected chi connectivity index (χ1v) is 8.07. The number of aromatic nitrogens is 2. The molecule has 0 aromatic carbocycles. The van der Waals surface area contributed by atoms with Gasteiger partial charge in [-0.05, 0) is 37.8 Å². The molecule has 20 heavy (non-hydrogen) atoms. The molecule has 0 unspecified atom stereocenters. The zero-order valence-corrected chi connectivity index (χ0v) is 13.1. The third-order valence-electron chi connectivity index (χ3n) is 4.19. The standard InChI is InChI=1S/C16H28N4/c1-4-13(5-2)12-20(6-3)16-10-9-15(18-19-16)11-17-14-7-8-14/h9-10,13-14,17H,4-8,11-12H2,1-3H3. The SMILES string of the molecule is CCC(CC)CN(CC)c1ccc(CNC2CC2)nn1. The summed E-state index contributed by atoms with van der Waals surface area (Å²) in [5, 5.41) is 12.2. The number of rotatable bonds is 9. The predicted octanol–water partition coefficient (Wildman–Crippen LogP) is 2.99. The molecule has 1 heterocycles. The molecule has 4 heteroatoms. The van der Waals surface area contributed by atoms with Crippen molar-refractivity contribution < 1.29 is 0 Å². The van der Waals surface area contributed by atoms with Crippen molar-refractivity contribution in [3.05, 3.63) is 17.8 Å². The van der Waals surface area contributed by atoms with E-state index in [0.717, 1.165) is 43.1 Å². The molecule has 1 saturated carbocycles. The van der Waals surface area contributed by atoms with Crippen molar-refractivity contribution >= 4 is 5.82 Å². The zero-order chi connectivity index (χ0) is 14.4. The van der Waals surface area contributed by atoms with Crippen molar-refractivity contribution in [3.8, 4) is 0 Å². The molecule has 0 aliphatic heterocycles. The van der Waals surface area contributed by atoms with Crippen LogP contribution in [0.4, 0.5) is 5.82 Å². The van der Waals surface area contributed by atoms with E-state index in [1.807, 2.05) is 0 Å². The molecule has 1 aromatic heterocycles. The van der Waals surface area contributed by atoms with Gasteiger partial charge >= 0.3 is 0 Å². The molecule has 1 N–H and O–H groups in total. The lowest BCUT2D eigenvalue weighted by atomic mass is 10.0. The molecule has 0 saturated heterocycles. The molecule has 0 bridgehead atoms. The summed E-state index contributed by atoms with van der Waals surface area (Å²) in [6, 6.07) is 4.94. The van der Waals surface area contributed by atoms with Crippen molar-refractivity contribution in [2.45, 2.75) is 59.0 Å². The third-order valence-corrected chi connectivity index (χ3v) is 4.19. The second-order valence-electron chi connectivity index (χ2n) is 5.76. The van der Waals surface area contributed by atoms with Gasteiger partial charge in [-0.15, -0.1) is 5.10 Å². The Bertz CT molecular complexity index is 382. The van der Waals surface area contributed by atoms with Crippen LogP contribution in [0.3, 0.4) is 0 Å². The highest BCUT2D eigenvalue weighted by molar-refractivity contribution is 5.37. The van der Waals surface area contributed by atoms with Gasteiger partial charge in [-0.3, -0.25) is 0 Å². The van der Waals surface area contributed by atoms with Crippen LogP contribution >= 0.6 is 0 Å². The summed E-state index contributed by atoms with van der Waals surface area (Å²) in [7, 11) is 0. The Morgan fingerprint density at radius 3 is 2.45 bits per heavy atom. The molecule has 1 aliphatic rings. The van der Waals surface area contributed by atoms with E-state index in [2.05, 4.69) is 53.3 Å². The van der Waals surface area contributed by atoms with E-state index in [0.29, 0.717) is 0 Å². The minimum Gasteiger partial charge on any atom is -0.355 e. The number of hydrogen-bond donors (Lipinski definition) is 1. The topological polar surface area (TPSA) is 41.0 Å². The monoisotopic (exact) mass is 276 g/mol. The summed E-state index contributed by atoms with van der Waals surface area (Å²) in [5.41, 5.74) is 1.04. The van der Waals surface area contributed by atoms with Crippen molar-refractivity contribution in [1.82, 2.24) is 15.5 Å². The number of nitrogens with zero attached hydrogens (tertiary/aromatic N) is 3. The van der Waals surface area contributed by atoms with Crippen LogP contribution in [0, 0.1) is 5.92 Å². The Morgan fingerprint density at radius 2 is 1.95 bits per heavy atom. The summed E-state index contributed by atoms with van der Waals surface area (Å²) >= 11 is 0. The normalized spacial score (nSPS) is 14.8. The van der Waals surface area contributed by atoms with Gasteiger partial charge in [0.25, 0.3) is 0 Å². The van der Waals surface area contributed by atoms with Crippen LogP contribution in [-0.4, -0.2) is 29.3 Å². The number of nitrogens with one attached hydrogen (secondary N) is 1. The minimum absolute atomic E-state index is 0.721. The maximum absolute atomic E-state index is 4.41. The van der Waals surface area contributed by atoms with Gasteiger partial charge in [-0.2, -0.15) is 5.10 Å². The molecule has 1 aliphatic carbocycles. The predicted molar refractivity (Wildman–Crippen MR) is 83.9 cm³/mol. The van der Waals surface area contributed by atoms with Gasteiger partial charge < -0.3 is 10.2 Å². The molecular formula is C16H28N4. The quantitative estimate of drug-likeness (QED) is 0.753. The summed E-state index contributed by atoms with van der Waals surface area (Å²) in [4.78, 5) is 2.34. The van der Waals surface area contributed by atoms with E-state index >= 15 is 0 Å². The van der Waals surface area contributed by atoms with Crippen molar-refractivity contribution in [2.75, 3.05) is 18.0 Å². The molecule has 0 spiro atoms. The summed E-state index contributed by atoms with van der Waals surface area (Å²) in [6.07, 6.45) is 5.07. The molecule has 2 rings (SSSR count). The Hall–Kier alpha value is -1.16. The lowest BCUT2D eigenvalue weighted by molar-refractivity contribution is 0.483. The average molecular weight is 276 g/mol. The fourth-order valence-corrected chi connectivity index (χ4v) is 2.40. The first-order valence-electron chi connectivity index (χ1n) is 8.07. The first kappa shape index (κ1) is 15.2. The van der Waals surface area contributed by atoms with E-state index in [1.54, 1.807) is 0 Å². The van der Waals surface area contributed by atoms with Gasteiger partial charge in [-0.1, -0.05) is 26.7 Å². The van der Waals surface area contributed by atoms with Crippen LogP contribution < -0.4 is 10.2 Å². The van der Waals surface area contributed by atoms with Crippen molar-refractivity contribution in [3.63, 3.8) is 0 Å².